The van der Waals surface area contributed by atoms with Crippen molar-refractivity contribution in [1.29, 1.82) is 0 Å². The lowest BCUT2D eigenvalue weighted by Gasteiger charge is -2.20. The van der Waals surface area contributed by atoms with Crippen LogP contribution < -0.4 is 0 Å². The smallest absolute Gasteiger partial charge is 0.0876 e. The Morgan fingerprint density at radius 1 is 1.30 bits per heavy atom. The summed E-state index contributed by atoms with van der Waals surface area (Å²) in [6, 6.07) is 10.2. The standard InChI is InChI=1S/C18H24O2/c1-18(20,13-11-15-7-3-2-4-8-15)14-12-16-9-5-6-10-17(16)19/h2-4,7-8,14,17,19-20H,5-6,9-11,13H2,1H3/t12?,17-,18?/m1/s1. The molecule has 1 aliphatic carbocycles. The molecule has 1 aromatic rings. The topological polar surface area (TPSA) is 40.5 Å². The molecular formula is C18H24O2. The maximum Gasteiger partial charge on any atom is 0.0876 e. The quantitative estimate of drug-likeness (QED) is 0.825. The molecule has 1 aliphatic rings. The number of aryl methyl sites for hydroxylation is 1. The Kier molecular flexibility index (Phi) is 5.19. The fourth-order valence-corrected chi connectivity index (χ4v) is 2.52. The van der Waals surface area contributed by atoms with Gasteiger partial charge in [-0.05, 0) is 56.2 Å². The van der Waals surface area contributed by atoms with Crippen molar-refractivity contribution in [2.24, 2.45) is 0 Å². The lowest BCUT2D eigenvalue weighted by atomic mass is 9.91. The summed E-state index contributed by atoms with van der Waals surface area (Å²) < 4.78 is 0. The summed E-state index contributed by atoms with van der Waals surface area (Å²) in [5, 5.41) is 20.3. The first-order valence-electron chi connectivity index (χ1n) is 7.48. The molecule has 1 saturated carbocycles. The van der Waals surface area contributed by atoms with Gasteiger partial charge in [0.2, 0.25) is 0 Å². The Morgan fingerprint density at radius 3 is 2.75 bits per heavy atom. The van der Waals surface area contributed by atoms with Crippen molar-refractivity contribution in [2.75, 3.05) is 0 Å². The van der Waals surface area contributed by atoms with E-state index in [1.54, 1.807) is 13.0 Å². The molecule has 2 heteroatoms. The molecule has 2 atom stereocenters. The molecule has 0 aromatic heterocycles. The molecule has 0 aliphatic heterocycles. The summed E-state index contributed by atoms with van der Waals surface area (Å²) in [4.78, 5) is 0. The molecule has 1 unspecified atom stereocenters. The van der Waals surface area contributed by atoms with Gasteiger partial charge in [0.05, 0.1) is 11.7 Å². The Morgan fingerprint density at radius 2 is 2.05 bits per heavy atom. The molecule has 2 nitrogen and oxygen atoms in total. The molecule has 0 bridgehead atoms. The summed E-state index contributed by atoms with van der Waals surface area (Å²) in [6.45, 7) is 1.80. The van der Waals surface area contributed by atoms with Crippen molar-refractivity contribution in [3.8, 4) is 0 Å². The molecule has 0 saturated heterocycles. The van der Waals surface area contributed by atoms with E-state index in [1.165, 1.54) is 5.56 Å². The minimum Gasteiger partial charge on any atom is -0.388 e. The molecule has 1 fully saturated rings. The molecule has 2 rings (SSSR count). The van der Waals surface area contributed by atoms with Crippen LogP contribution in [0.3, 0.4) is 0 Å². The first-order valence-corrected chi connectivity index (χ1v) is 7.48. The van der Waals surface area contributed by atoms with Crippen molar-refractivity contribution < 1.29 is 10.2 Å². The zero-order chi connectivity index (χ0) is 14.4. The third-order valence-electron chi connectivity index (χ3n) is 3.91. The fourth-order valence-electron chi connectivity index (χ4n) is 2.52. The van der Waals surface area contributed by atoms with Crippen molar-refractivity contribution in [2.45, 2.75) is 57.2 Å². The summed E-state index contributed by atoms with van der Waals surface area (Å²) in [7, 11) is 0. The van der Waals surface area contributed by atoms with Crippen LogP contribution in [0.4, 0.5) is 0 Å². The van der Waals surface area contributed by atoms with E-state index in [0.717, 1.165) is 37.7 Å². The van der Waals surface area contributed by atoms with Crippen LogP contribution in [0.15, 0.2) is 47.7 Å². The van der Waals surface area contributed by atoms with Crippen molar-refractivity contribution >= 4 is 0 Å². The molecule has 0 radical (unpaired) electrons. The Balaban J connectivity index is 1.97. The van der Waals surface area contributed by atoms with Gasteiger partial charge in [0.25, 0.3) is 0 Å². The highest BCUT2D eigenvalue weighted by Gasteiger charge is 2.18. The molecule has 0 amide bonds. The normalized spacial score (nSPS) is 21.9. The predicted molar refractivity (Wildman–Crippen MR) is 81.5 cm³/mol. The van der Waals surface area contributed by atoms with Gasteiger partial charge < -0.3 is 10.2 Å². The molecule has 1 aromatic carbocycles. The summed E-state index contributed by atoms with van der Waals surface area (Å²) >= 11 is 0. The van der Waals surface area contributed by atoms with Gasteiger partial charge in [-0.1, -0.05) is 36.8 Å². The zero-order valence-corrected chi connectivity index (χ0v) is 12.2. The van der Waals surface area contributed by atoms with Crippen LogP contribution in [0.1, 0.15) is 44.6 Å². The van der Waals surface area contributed by atoms with E-state index >= 15 is 0 Å². The highest BCUT2D eigenvalue weighted by Crippen LogP contribution is 2.23. The number of hydrogen-bond donors (Lipinski definition) is 2. The van der Waals surface area contributed by atoms with Crippen LogP contribution in [-0.4, -0.2) is 21.9 Å². The minimum atomic E-state index is -0.875. The number of rotatable bonds is 4. The largest absolute Gasteiger partial charge is 0.388 e. The maximum atomic E-state index is 10.4. The van der Waals surface area contributed by atoms with Gasteiger partial charge >= 0.3 is 0 Å². The monoisotopic (exact) mass is 272 g/mol. The van der Waals surface area contributed by atoms with Crippen LogP contribution in [0, 0.1) is 0 Å². The van der Waals surface area contributed by atoms with Crippen molar-refractivity contribution in [3.63, 3.8) is 0 Å². The van der Waals surface area contributed by atoms with Gasteiger partial charge in [0, 0.05) is 0 Å². The van der Waals surface area contributed by atoms with E-state index in [1.807, 2.05) is 18.2 Å². The molecule has 0 spiro atoms. The van der Waals surface area contributed by atoms with E-state index in [-0.39, 0.29) is 6.10 Å². The summed E-state index contributed by atoms with van der Waals surface area (Å²) in [5.74, 6) is 0. The predicted octanol–water partition coefficient (Wildman–Crippen LogP) is 3.39. The van der Waals surface area contributed by atoms with Crippen LogP contribution in [-0.2, 0) is 6.42 Å². The lowest BCUT2D eigenvalue weighted by Crippen LogP contribution is -2.21. The first kappa shape index (κ1) is 15.1. The minimum absolute atomic E-state index is 0.370. The fraction of sp³-hybridized carbons (Fsp3) is 0.500. The molecule has 108 valence electrons. The number of hydrogen-bond acceptors (Lipinski definition) is 2. The highest BCUT2D eigenvalue weighted by atomic mass is 16.3. The first-order chi connectivity index (χ1) is 9.57. The van der Waals surface area contributed by atoms with Crippen LogP contribution >= 0.6 is 0 Å². The van der Waals surface area contributed by atoms with E-state index in [2.05, 4.69) is 17.9 Å². The third kappa shape index (κ3) is 4.64. The zero-order valence-electron chi connectivity index (χ0n) is 12.2. The second-order valence-electron chi connectivity index (χ2n) is 5.92. The highest BCUT2D eigenvalue weighted by molar-refractivity contribution is 5.17. The Bertz CT molecular complexity index is 481. The average molecular weight is 272 g/mol. The van der Waals surface area contributed by atoms with Crippen LogP contribution in [0.2, 0.25) is 0 Å². The van der Waals surface area contributed by atoms with Gasteiger partial charge in [-0.2, -0.15) is 0 Å². The second kappa shape index (κ2) is 6.90. The molecule has 20 heavy (non-hydrogen) atoms. The van der Waals surface area contributed by atoms with E-state index < -0.39 is 5.60 Å². The van der Waals surface area contributed by atoms with Crippen molar-refractivity contribution in [1.82, 2.24) is 0 Å². The van der Waals surface area contributed by atoms with E-state index in [4.69, 9.17) is 0 Å². The number of benzene rings is 1. The Hall–Kier alpha value is -1.34. The van der Waals surface area contributed by atoms with Gasteiger partial charge in [0.1, 0.15) is 0 Å². The lowest BCUT2D eigenvalue weighted by molar-refractivity contribution is 0.102. The summed E-state index contributed by atoms with van der Waals surface area (Å²) in [6.07, 6.45) is 6.76. The maximum absolute atomic E-state index is 10.4. The number of aliphatic hydroxyl groups excluding tert-OH is 1. The number of aliphatic hydroxyl groups is 2. The Labute approximate surface area is 121 Å². The van der Waals surface area contributed by atoms with Gasteiger partial charge in [0.15, 0.2) is 0 Å². The molecule has 0 heterocycles. The van der Waals surface area contributed by atoms with Crippen molar-refractivity contribution in [3.05, 3.63) is 53.3 Å². The van der Waals surface area contributed by atoms with Gasteiger partial charge in [-0.15, -0.1) is 5.73 Å². The van der Waals surface area contributed by atoms with Gasteiger partial charge in [-0.25, -0.2) is 0 Å². The summed E-state index contributed by atoms with van der Waals surface area (Å²) in [5.41, 5.74) is 4.43. The van der Waals surface area contributed by atoms with Gasteiger partial charge in [-0.3, -0.25) is 0 Å². The SMILES string of the molecule is CC(O)(C=C=C1CCCC[C@H]1O)CCc1ccccc1. The second-order valence-corrected chi connectivity index (χ2v) is 5.92. The molecule has 2 N–H and O–H groups in total. The van der Waals surface area contributed by atoms with Crippen LogP contribution in [0.5, 0.6) is 0 Å². The molecular weight excluding hydrogens is 248 g/mol. The van der Waals surface area contributed by atoms with E-state index in [9.17, 15) is 10.2 Å². The van der Waals surface area contributed by atoms with Crippen LogP contribution in [0.25, 0.3) is 0 Å². The third-order valence-corrected chi connectivity index (χ3v) is 3.91. The average Bonchev–Trinajstić information content (AvgIpc) is 2.46. The van der Waals surface area contributed by atoms with E-state index in [0.29, 0.717) is 6.42 Å².